The molecule has 0 aliphatic heterocycles. The number of fused-ring (bicyclic) bond motifs is 1. The molecule has 0 radical (unpaired) electrons. The summed E-state index contributed by atoms with van der Waals surface area (Å²) in [5.74, 6) is 0.0130. The van der Waals surface area contributed by atoms with E-state index in [-0.39, 0.29) is 10.9 Å². The molecule has 1 heterocycles. The summed E-state index contributed by atoms with van der Waals surface area (Å²) in [5.41, 5.74) is 7.10. The van der Waals surface area contributed by atoms with E-state index >= 15 is 0 Å². The van der Waals surface area contributed by atoms with Crippen molar-refractivity contribution in [2.45, 2.75) is 6.42 Å². The molecule has 2 aromatic carbocycles. The van der Waals surface area contributed by atoms with Crippen LogP contribution in [0.1, 0.15) is 6.42 Å². The van der Waals surface area contributed by atoms with E-state index < -0.39 is 5.82 Å². The van der Waals surface area contributed by atoms with Crippen LogP contribution in [0, 0.1) is 5.82 Å². The number of ether oxygens (including phenoxy) is 1. The van der Waals surface area contributed by atoms with Gasteiger partial charge in [-0.15, -0.1) is 0 Å². The molecule has 0 fully saturated rings. The fourth-order valence-electron chi connectivity index (χ4n) is 2.56. The number of benzene rings is 2. The standard InChI is InChI=1S/C20H19ClFN5O2/c1-2-19(28)27-17-9-13-16(10-18(17)29-7-3-6-23)24-11-25-20(13)26-12-4-5-15(22)14(21)8-12/h2,4-5,8-11H,1,3,6-7,23H2,(H,27,28)(H,24,25,26). The zero-order valence-electron chi connectivity index (χ0n) is 15.4. The highest BCUT2D eigenvalue weighted by Gasteiger charge is 2.13. The minimum Gasteiger partial charge on any atom is -0.491 e. The number of halogens is 2. The lowest BCUT2D eigenvalue weighted by atomic mass is 10.1. The van der Waals surface area contributed by atoms with Gasteiger partial charge in [0.05, 0.1) is 22.8 Å². The van der Waals surface area contributed by atoms with Crippen LogP contribution in [0.15, 0.2) is 49.3 Å². The molecule has 3 aromatic rings. The summed E-state index contributed by atoms with van der Waals surface area (Å²) in [7, 11) is 0. The number of hydrogen-bond acceptors (Lipinski definition) is 6. The lowest BCUT2D eigenvalue weighted by molar-refractivity contribution is -0.111. The predicted octanol–water partition coefficient (Wildman–Crippen LogP) is 4.02. The van der Waals surface area contributed by atoms with Crippen molar-refractivity contribution in [3.05, 3.63) is 60.2 Å². The number of rotatable bonds is 8. The number of nitrogens with two attached hydrogens (primary N) is 1. The van der Waals surface area contributed by atoms with Crippen LogP contribution >= 0.6 is 11.6 Å². The third-order valence-corrected chi connectivity index (χ3v) is 4.26. The van der Waals surface area contributed by atoms with Crippen molar-refractivity contribution in [2.75, 3.05) is 23.8 Å². The van der Waals surface area contributed by atoms with Crippen LogP contribution in [-0.2, 0) is 4.79 Å². The van der Waals surface area contributed by atoms with Crippen molar-refractivity contribution in [3.63, 3.8) is 0 Å². The van der Waals surface area contributed by atoms with Crippen LogP contribution in [-0.4, -0.2) is 29.0 Å². The maximum absolute atomic E-state index is 13.4. The van der Waals surface area contributed by atoms with E-state index in [9.17, 15) is 9.18 Å². The fraction of sp³-hybridized carbons (Fsp3) is 0.150. The minimum atomic E-state index is -0.515. The Morgan fingerprint density at radius 1 is 1.31 bits per heavy atom. The van der Waals surface area contributed by atoms with Gasteiger partial charge >= 0.3 is 0 Å². The zero-order valence-corrected chi connectivity index (χ0v) is 16.2. The monoisotopic (exact) mass is 415 g/mol. The van der Waals surface area contributed by atoms with E-state index in [1.807, 2.05) is 0 Å². The Kier molecular flexibility index (Phi) is 6.58. The van der Waals surface area contributed by atoms with Gasteiger partial charge in [0.1, 0.15) is 23.7 Å². The first-order valence-electron chi connectivity index (χ1n) is 8.79. The van der Waals surface area contributed by atoms with E-state index in [0.717, 1.165) is 6.08 Å². The Bertz CT molecular complexity index is 1060. The molecule has 0 aliphatic rings. The van der Waals surface area contributed by atoms with E-state index in [0.29, 0.717) is 53.4 Å². The highest BCUT2D eigenvalue weighted by Crippen LogP contribution is 2.34. The summed E-state index contributed by atoms with van der Waals surface area (Å²) in [4.78, 5) is 20.4. The quantitative estimate of drug-likeness (QED) is 0.379. The number of anilines is 3. The minimum absolute atomic E-state index is 0.0112. The second-order valence-electron chi connectivity index (χ2n) is 6.03. The molecule has 0 saturated carbocycles. The highest BCUT2D eigenvalue weighted by atomic mass is 35.5. The van der Waals surface area contributed by atoms with Crippen LogP contribution in [0.5, 0.6) is 5.75 Å². The third kappa shape index (κ3) is 4.98. The average Bonchev–Trinajstić information content (AvgIpc) is 2.71. The van der Waals surface area contributed by atoms with Crippen LogP contribution < -0.4 is 21.1 Å². The van der Waals surface area contributed by atoms with Crippen LogP contribution in [0.4, 0.5) is 21.6 Å². The first-order chi connectivity index (χ1) is 14.0. The number of carbonyl (C=O) groups excluding carboxylic acids is 1. The smallest absolute Gasteiger partial charge is 0.247 e. The Morgan fingerprint density at radius 3 is 2.86 bits per heavy atom. The Hall–Kier alpha value is -3.23. The predicted molar refractivity (Wildman–Crippen MR) is 112 cm³/mol. The Balaban J connectivity index is 2.02. The van der Waals surface area contributed by atoms with Gasteiger partial charge in [-0.25, -0.2) is 14.4 Å². The first-order valence-corrected chi connectivity index (χ1v) is 9.16. The van der Waals surface area contributed by atoms with Gasteiger partial charge in [0, 0.05) is 17.1 Å². The molecule has 7 nitrogen and oxygen atoms in total. The van der Waals surface area contributed by atoms with E-state index in [1.165, 1.54) is 18.5 Å². The number of amides is 1. The lowest BCUT2D eigenvalue weighted by Crippen LogP contribution is -2.11. The van der Waals surface area contributed by atoms with Crippen molar-refractivity contribution in [1.82, 2.24) is 9.97 Å². The summed E-state index contributed by atoms with van der Waals surface area (Å²) in [6.07, 6.45) is 3.21. The van der Waals surface area contributed by atoms with Gasteiger partial charge in [0.25, 0.3) is 0 Å². The second-order valence-corrected chi connectivity index (χ2v) is 6.43. The molecule has 0 aliphatic carbocycles. The zero-order chi connectivity index (χ0) is 20.8. The lowest BCUT2D eigenvalue weighted by Gasteiger charge is -2.15. The number of nitrogens with zero attached hydrogens (tertiary/aromatic N) is 2. The van der Waals surface area contributed by atoms with Gasteiger partial charge in [-0.3, -0.25) is 4.79 Å². The Morgan fingerprint density at radius 2 is 2.14 bits per heavy atom. The highest BCUT2D eigenvalue weighted by molar-refractivity contribution is 6.31. The van der Waals surface area contributed by atoms with Gasteiger partial charge in [0.2, 0.25) is 5.91 Å². The van der Waals surface area contributed by atoms with Gasteiger partial charge in [0.15, 0.2) is 0 Å². The molecule has 150 valence electrons. The summed E-state index contributed by atoms with van der Waals surface area (Å²) in [6, 6.07) is 7.65. The normalized spacial score (nSPS) is 10.6. The molecule has 0 spiro atoms. The number of aromatic nitrogens is 2. The summed E-state index contributed by atoms with van der Waals surface area (Å²) < 4.78 is 19.2. The van der Waals surface area contributed by atoms with E-state index in [4.69, 9.17) is 22.1 Å². The summed E-state index contributed by atoms with van der Waals surface area (Å²) in [6.45, 7) is 4.34. The topological polar surface area (TPSA) is 102 Å². The Labute approximate surface area is 171 Å². The van der Waals surface area contributed by atoms with Crippen molar-refractivity contribution < 1.29 is 13.9 Å². The van der Waals surface area contributed by atoms with Crippen molar-refractivity contribution in [2.24, 2.45) is 5.73 Å². The number of nitrogens with one attached hydrogen (secondary N) is 2. The van der Waals surface area contributed by atoms with Crippen LogP contribution in [0.3, 0.4) is 0 Å². The molecule has 3 rings (SSSR count). The fourth-order valence-corrected chi connectivity index (χ4v) is 2.74. The maximum atomic E-state index is 13.4. The molecular formula is C20H19ClFN5O2. The summed E-state index contributed by atoms with van der Waals surface area (Å²) in [5, 5.41) is 6.42. The number of hydrogen-bond donors (Lipinski definition) is 3. The molecule has 1 aromatic heterocycles. The van der Waals surface area contributed by atoms with Gasteiger partial charge < -0.3 is 21.1 Å². The molecule has 4 N–H and O–H groups in total. The van der Waals surface area contributed by atoms with E-state index in [1.54, 1.807) is 18.2 Å². The molecule has 0 saturated heterocycles. The van der Waals surface area contributed by atoms with E-state index in [2.05, 4.69) is 27.2 Å². The average molecular weight is 416 g/mol. The largest absolute Gasteiger partial charge is 0.491 e. The third-order valence-electron chi connectivity index (χ3n) is 3.97. The van der Waals surface area contributed by atoms with Gasteiger partial charge in [-0.1, -0.05) is 18.2 Å². The molecule has 29 heavy (non-hydrogen) atoms. The molecule has 0 atom stereocenters. The molecule has 9 heteroatoms. The van der Waals surface area contributed by atoms with Crippen molar-refractivity contribution in [3.8, 4) is 5.75 Å². The van der Waals surface area contributed by atoms with Crippen molar-refractivity contribution in [1.29, 1.82) is 0 Å². The second kappa shape index (κ2) is 9.31. The van der Waals surface area contributed by atoms with Crippen molar-refractivity contribution >= 4 is 45.6 Å². The molecule has 1 amide bonds. The molecular weight excluding hydrogens is 397 g/mol. The van der Waals surface area contributed by atoms with Crippen LogP contribution in [0.2, 0.25) is 5.02 Å². The van der Waals surface area contributed by atoms with Gasteiger partial charge in [-0.2, -0.15) is 0 Å². The number of carbonyl (C=O) groups is 1. The SMILES string of the molecule is C=CC(=O)Nc1cc2c(Nc3ccc(F)c(Cl)c3)ncnc2cc1OCCCN. The van der Waals surface area contributed by atoms with Crippen LogP contribution in [0.25, 0.3) is 10.9 Å². The molecule has 0 unspecified atom stereocenters. The first kappa shape index (κ1) is 20.5. The molecule has 0 bridgehead atoms. The van der Waals surface area contributed by atoms with Gasteiger partial charge in [-0.05, 0) is 43.3 Å². The maximum Gasteiger partial charge on any atom is 0.247 e. The summed E-state index contributed by atoms with van der Waals surface area (Å²) >= 11 is 5.85.